The number of aldehydes is 1. The van der Waals surface area contributed by atoms with E-state index in [4.69, 9.17) is 4.79 Å². The Balaban J connectivity index is 0. The molecular formula is C3H7IO. The first-order valence-corrected chi connectivity index (χ1v) is 3.35. The molecular weight excluding hydrogens is 179 g/mol. The molecule has 0 aliphatic rings. The van der Waals surface area contributed by atoms with E-state index in [9.17, 15) is 0 Å². The quantitative estimate of drug-likeness (QED) is 0.316. The molecule has 1 nitrogen and oxygen atoms in total. The van der Waals surface area contributed by atoms with Crippen LogP contribution in [-0.2, 0) is 4.79 Å². The second-order valence-corrected chi connectivity index (χ2v) is 0.236. The molecule has 0 saturated heterocycles. The van der Waals surface area contributed by atoms with Gasteiger partial charge in [-0.3, -0.25) is 0 Å². The fourth-order valence-electron chi connectivity index (χ4n) is 0. The van der Waals surface area contributed by atoms with Crippen LogP contribution in [-0.4, -0.2) is 11.2 Å². The maximum atomic E-state index is 8.81. The first-order chi connectivity index (χ1) is 2.41. The van der Waals surface area contributed by atoms with Crippen LogP contribution in [0.15, 0.2) is 0 Å². The number of hydrogen-bond acceptors (Lipinski definition) is 1. The molecule has 0 aromatic carbocycles. The predicted octanol–water partition coefficient (Wildman–Crippen LogP) is 1.26. The van der Waals surface area contributed by atoms with Crippen LogP contribution in [0.5, 0.6) is 0 Å². The van der Waals surface area contributed by atoms with Crippen molar-refractivity contribution in [3.63, 3.8) is 0 Å². The van der Waals surface area contributed by atoms with E-state index in [1.165, 1.54) is 6.92 Å². The Kier molecular flexibility index (Phi) is 46.9. The van der Waals surface area contributed by atoms with Crippen LogP contribution in [0, 0.1) is 0 Å². The zero-order valence-corrected chi connectivity index (χ0v) is 5.52. The monoisotopic (exact) mass is 186 g/mol. The average molecular weight is 186 g/mol. The smallest absolute Gasteiger partial charge is 0.116 e. The summed E-state index contributed by atoms with van der Waals surface area (Å²) in [6.07, 6.45) is 0.750. The van der Waals surface area contributed by atoms with Crippen LogP contribution >= 0.6 is 22.6 Å². The molecule has 0 bridgehead atoms. The standard InChI is InChI=1S/C2H4O.CH3I/c1-2-3;1-2/h2H,1H3;1H3. The summed E-state index contributed by atoms with van der Waals surface area (Å²) < 4.78 is 0. The highest BCUT2D eigenvalue weighted by Crippen LogP contribution is 1.48. The number of halogens is 1. The Morgan fingerprint density at radius 2 is 1.60 bits per heavy atom. The molecule has 0 spiro atoms. The third-order valence-corrected chi connectivity index (χ3v) is 0. The highest BCUT2D eigenvalue weighted by molar-refractivity contribution is 14.1. The van der Waals surface area contributed by atoms with Crippen molar-refractivity contribution in [3.8, 4) is 0 Å². The second-order valence-electron chi connectivity index (χ2n) is 0.236. The lowest BCUT2D eigenvalue weighted by atomic mass is 11.0. The minimum atomic E-state index is 0.750. The molecule has 32 valence electrons. The molecule has 2 heteroatoms. The van der Waals surface area contributed by atoms with E-state index in [-0.39, 0.29) is 0 Å². The van der Waals surface area contributed by atoms with E-state index < -0.39 is 0 Å². The summed E-state index contributed by atoms with van der Waals surface area (Å²) in [4.78, 5) is 10.8. The summed E-state index contributed by atoms with van der Waals surface area (Å²) in [6, 6.07) is 0. The zero-order chi connectivity index (χ0) is 4.71. The van der Waals surface area contributed by atoms with Crippen molar-refractivity contribution in [3.05, 3.63) is 0 Å². The molecule has 0 radical (unpaired) electrons. The van der Waals surface area contributed by atoms with Gasteiger partial charge in [0.05, 0.1) is 0 Å². The van der Waals surface area contributed by atoms with Gasteiger partial charge in [-0.05, 0) is 11.9 Å². The lowest BCUT2D eigenvalue weighted by Crippen LogP contribution is -1.36. The van der Waals surface area contributed by atoms with Crippen molar-refractivity contribution >= 4 is 28.9 Å². The molecule has 0 aliphatic carbocycles. The van der Waals surface area contributed by atoms with Gasteiger partial charge in [0.25, 0.3) is 0 Å². The summed E-state index contributed by atoms with van der Waals surface area (Å²) in [7, 11) is 0. The summed E-state index contributed by atoms with van der Waals surface area (Å²) in [6.45, 7) is 1.44. The molecule has 0 rings (SSSR count). The van der Waals surface area contributed by atoms with Gasteiger partial charge in [0, 0.05) is 0 Å². The molecule has 0 saturated carbocycles. The number of rotatable bonds is 0. The van der Waals surface area contributed by atoms with Crippen LogP contribution in [0.25, 0.3) is 0 Å². The highest BCUT2D eigenvalue weighted by Gasteiger charge is 1.24. The van der Waals surface area contributed by atoms with Gasteiger partial charge in [-0.2, -0.15) is 0 Å². The lowest BCUT2D eigenvalue weighted by molar-refractivity contribution is -0.106. The number of hydrogen-bond donors (Lipinski definition) is 0. The van der Waals surface area contributed by atoms with Crippen molar-refractivity contribution in [2.24, 2.45) is 0 Å². The molecule has 0 fully saturated rings. The highest BCUT2D eigenvalue weighted by atomic mass is 127. The Bertz CT molecular complexity index is 14.4. The van der Waals surface area contributed by atoms with E-state index in [0.29, 0.717) is 0 Å². The Labute approximate surface area is 45.9 Å². The fraction of sp³-hybridized carbons (Fsp3) is 0.667. The molecule has 0 atom stereocenters. The summed E-state index contributed by atoms with van der Waals surface area (Å²) in [5, 5.41) is 0. The minimum absolute atomic E-state index is 0.750. The van der Waals surface area contributed by atoms with Crippen molar-refractivity contribution in [1.29, 1.82) is 0 Å². The van der Waals surface area contributed by atoms with Gasteiger partial charge < -0.3 is 4.79 Å². The van der Waals surface area contributed by atoms with Gasteiger partial charge in [-0.1, -0.05) is 22.6 Å². The van der Waals surface area contributed by atoms with Crippen molar-refractivity contribution in [2.75, 3.05) is 4.93 Å². The van der Waals surface area contributed by atoms with Crippen LogP contribution in [0.2, 0.25) is 0 Å². The Morgan fingerprint density at radius 3 is 1.60 bits per heavy atom. The number of carbonyl (C=O) groups is 1. The molecule has 0 aromatic heterocycles. The summed E-state index contributed by atoms with van der Waals surface area (Å²) in [5.74, 6) is 0. The van der Waals surface area contributed by atoms with E-state index in [1.807, 2.05) is 4.93 Å². The molecule has 5 heavy (non-hydrogen) atoms. The minimum Gasteiger partial charge on any atom is -0.304 e. The Morgan fingerprint density at radius 1 is 1.60 bits per heavy atom. The average Bonchev–Trinajstić information content (AvgIpc) is 1.46. The first kappa shape index (κ1) is 9.04. The topological polar surface area (TPSA) is 17.1 Å². The SMILES string of the molecule is CC=O.CI. The van der Waals surface area contributed by atoms with Gasteiger partial charge in [-0.15, -0.1) is 0 Å². The van der Waals surface area contributed by atoms with Crippen LogP contribution in [0.4, 0.5) is 0 Å². The third-order valence-electron chi connectivity index (χ3n) is 0. The van der Waals surface area contributed by atoms with Gasteiger partial charge >= 0.3 is 0 Å². The maximum absolute atomic E-state index is 8.81. The Hall–Kier alpha value is 0.400. The second kappa shape index (κ2) is 26.0. The summed E-state index contributed by atoms with van der Waals surface area (Å²) >= 11 is 2.15. The zero-order valence-electron chi connectivity index (χ0n) is 3.36. The normalized spacial score (nSPS) is 3.80. The van der Waals surface area contributed by atoms with Crippen molar-refractivity contribution < 1.29 is 4.79 Å². The maximum Gasteiger partial charge on any atom is 0.116 e. The van der Waals surface area contributed by atoms with E-state index in [2.05, 4.69) is 22.6 Å². The van der Waals surface area contributed by atoms with E-state index in [1.54, 1.807) is 0 Å². The third kappa shape index (κ3) is 158. The predicted molar refractivity (Wildman–Crippen MR) is 31.7 cm³/mol. The number of alkyl halides is 1. The first-order valence-electron chi connectivity index (χ1n) is 1.19. The van der Waals surface area contributed by atoms with Crippen LogP contribution in [0.3, 0.4) is 0 Å². The number of carbonyl (C=O) groups excluding carboxylic acids is 1. The van der Waals surface area contributed by atoms with E-state index in [0.717, 1.165) is 6.29 Å². The molecule has 0 aromatic rings. The molecule has 0 N–H and O–H groups in total. The van der Waals surface area contributed by atoms with Gasteiger partial charge in [0.1, 0.15) is 6.29 Å². The van der Waals surface area contributed by atoms with Crippen LogP contribution < -0.4 is 0 Å². The molecule has 0 heterocycles. The van der Waals surface area contributed by atoms with Crippen LogP contribution in [0.1, 0.15) is 6.92 Å². The largest absolute Gasteiger partial charge is 0.304 e. The molecule has 0 unspecified atom stereocenters. The van der Waals surface area contributed by atoms with Gasteiger partial charge in [0.2, 0.25) is 0 Å². The van der Waals surface area contributed by atoms with Gasteiger partial charge in [0.15, 0.2) is 0 Å². The molecule has 0 amide bonds. The molecule has 0 aliphatic heterocycles. The lowest BCUT2D eigenvalue weighted by Gasteiger charge is -1.23. The van der Waals surface area contributed by atoms with E-state index >= 15 is 0 Å². The summed E-state index contributed by atoms with van der Waals surface area (Å²) in [5.41, 5.74) is 0. The van der Waals surface area contributed by atoms with Gasteiger partial charge in [-0.25, -0.2) is 0 Å². The van der Waals surface area contributed by atoms with Crippen molar-refractivity contribution in [1.82, 2.24) is 0 Å². The van der Waals surface area contributed by atoms with Crippen molar-refractivity contribution in [2.45, 2.75) is 6.92 Å². The fourth-order valence-corrected chi connectivity index (χ4v) is 0.